The van der Waals surface area contributed by atoms with Crippen LogP contribution in [0.3, 0.4) is 0 Å². The SMILES string of the molecule is CO[C@@H]1[C@H](OC(=O)NCC(=O)N2CCC[C@H]2C(=O)N[C@@H](CC(C)C)C(=O)NCC(=O)O)CCC2(CO2)[C@H]1C1(C)OC1CC=C(C)C. The lowest BCUT2D eigenvalue weighted by atomic mass is 9.68. The Labute approximate surface area is 270 Å². The molecule has 0 bridgehead atoms. The number of carboxylic acids is 1. The van der Waals surface area contributed by atoms with Gasteiger partial charge in [0.15, 0.2) is 0 Å². The quantitative estimate of drug-likeness (QED) is 0.159. The highest BCUT2D eigenvalue weighted by atomic mass is 16.6. The van der Waals surface area contributed by atoms with Gasteiger partial charge >= 0.3 is 12.1 Å². The number of amides is 4. The molecule has 258 valence electrons. The summed E-state index contributed by atoms with van der Waals surface area (Å²) in [6.07, 6.45) is 3.65. The Morgan fingerprint density at radius 1 is 1.11 bits per heavy atom. The van der Waals surface area contributed by atoms with Crippen molar-refractivity contribution in [3.63, 3.8) is 0 Å². The van der Waals surface area contributed by atoms with E-state index >= 15 is 0 Å². The number of carbonyl (C=O) groups is 5. The minimum absolute atomic E-state index is 0.0155. The van der Waals surface area contributed by atoms with Crippen LogP contribution in [0.25, 0.3) is 0 Å². The van der Waals surface area contributed by atoms with E-state index in [-0.39, 0.29) is 30.1 Å². The Kier molecular flexibility index (Phi) is 11.4. The highest BCUT2D eigenvalue weighted by Gasteiger charge is 2.72. The van der Waals surface area contributed by atoms with E-state index in [1.165, 1.54) is 10.5 Å². The second-order valence-corrected chi connectivity index (χ2v) is 13.7. The fraction of sp³-hybridized carbons (Fsp3) is 0.781. The van der Waals surface area contributed by atoms with Gasteiger partial charge in [-0.25, -0.2) is 4.79 Å². The van der Waals surface area contributed by atoms with E-state index in [9.17, 15) is 24.0 Å². The summed E-state index contributed by atoms with van der Waals surface area (Å²) >= 11 is 0. The van der Waals surface area contributed by atoms with Gasteiger partial charge in [-0.2, -0.15) is 0 Å². The molecule has 1 spiro atoms. The van der Waals surface area contributed by atoms with Gasteiger partial charge in [0.25, 0.3) is 0 Å². The Morgan fingerprint density at radius 3 is 2.43 bits per heavy atom. The van der Waals surface area contributed by atoms with Gasteiger partial charge < -0.3 is 44.9 Å². The number of carbonyl (C=O) groups excluding carboxylic acids is 4. The van der Waals surface area contributed by atoms with Crippen LogP contribution in [0.15, 0.2) is 11.6 Å². The zero-order chi connectivity index (χ0) is 33.8. The van der Waals surface area contributed by atoms with E-state index < -0.39 is 66.2 Å². The van der Waals surface area contributed by atoms with E-state index in [1.807, 2.05) is 27.7 Å². The summed E-state index contributed by atoms with van der Waals surface area (Å²) in [4.78, 5) is 64.1. The summed E-state index contributed by atoms with van der Waals surface area (Å²) in [6.45, 7) is 9.90. The van der Waals surface area contributed by atoms with Crippen LogP contribution in [0, 0.1) is 11.8 Å². The number of hydrogen-bond acceptors (Lipinski definition) is 9. The molecule has 3 heterocycles. The van der Waals surface area contributed by atoms with E-state index in [4.69, 9.17) is 24.1 Å². The molecule has 4 amide bonds. The molecule has 0 aromatic rings. The van der Waals surface area contributed by atoms with Crippen molar-refractivity contribution in [3.8, 4) is 0 Å². The Balaban J connectivity index is 1.31. The predicted molar refractivity (Wildman–Crippen MR) is 165 cm³/mol. The van der Waals surface area contributed by atoms with Crippen LogP contribution >= 0.6 is 0 Å². The molecule has 8 atom stereocenters. The average Bonchev–Trinajstić information content (AvgIpc) is 3.84. The van der Waals surface area contributed by atoms with Crippen LogP contribution in [0.4, 0.5) is 4.79 Å². The van der Waals surface area contributed by atoms with Crippen molar-refractivity contribution in [2.24, 2.45) is 11.8 Å². The number of nitrogens with one attached hydrogen (secondary N) is 3. The third-order valence-electron chi connectivity index (χ3n) is 9.51. The monoisotopic (exact) mass is 650 g/mol. The average molecular weight is 651 g/mol. The minimum Gasteiger partial charge on any atom is -0.480 e. The lowest BCUT2D eigenvalue weighted by Gasteiger charge is -2.42. The first-order valence-electron chi connectivity index (χ1n) is 16.2. The first kappa shape index (κ1) is 35.6. The molecule has 3 saturated heterocycles. The molecule has 14 heteroatoms. The molecule has 4 N–H and O–H groups in total. The topological polar surface area (TPSA) is 188 Å². The van der Waals surface area contributed by atoms with Crippen LogP contribution in [-0.4, -0.2) is 115 Å². The standard InChI is InChI=1S/C32H50N4O10/c1-18(2)9-10-23-31(5,46-23)27-26(43-6)22(11-12-32(27)17-44-32)45-30(42)34-15-24(37)36-13-7-8-21(36)29(41)35-20(14-19(3)4)28(40)33-16-25(38)39/h9,19-23,26-27H,7-8,10-17H2,1-6H3,(H,33,40)(H,34,42)(H,35,41)(H,38,39)/t20-,21-,22+,23?,26+,27+,31?,32?/m0/s1. The van der Waals surface area contributed by atoms with E-state index in [0.717, 1.165) is 6.42 Å². The molecule has 4 fully saturated rings. The summed E-state index contributed by atoms with van der Waals surface area (Å²) < 4.78 is 23.9. The molecule has 4 rings (SSSR count). The molecule has 3 aliphatic heterocycles. The maximum atomic E-state index is 13.2. The number of likely N-dealkylation sites (tertiary alicyclic amines) is 1. The fourth-order valence-electron chi connectivity index (χ4n) is 7.09. The summed E-state index contributed by atoms with van der Waals surface area (Å²) in [5, 5.41) is 16.4. The number of epoxide rings is 2. The summed E-state index contributed by atoms with van der Waals surface area (Å²) in [6, 6.07) is -1.77. The van der Waals surface area contributed by atoms with Gasteiger partial charge in [0, 0.05) is 13.7 Å². The number of alkyl carbamates (subject to hydrolysis) is 1. The van der Waals surface area contributed by atoms with E-state index in [1.54, 1.807) is 7.11 Å². The van der Waals surface area contributed by atoms with Crippen molar-refractivity contribution >= 4 is 29.8 Å². The molecule has 3 unspecified atom stereocenters. The zero-order valence-electron chi connectivity index (χ0n) is 27.8. The lowest BCUT2D eigenvalue weighted by Crippen LogP contribution is -2.56. The second kappa shape index (κ2) is 14.7. The number of allylic oxidation sites excluding steroid dienone is 1. The largest absolute Gasteiger partial charge is 0.480 e. The molecule has 1 saturated carbocycles. The number of carboxylic acid groups (broad SMARTS) is 1. The number of rotatable bonds is 14. The molecular weight excluding hydrogens is 600 g/mol. The number of ether oxygens (including phenoxy) is 4. The molecule has 1 aliphatic carbocycles. The van der Waals surface area contributed by atoms with Gasteiger partial charge in [0.2, 0.25) is 17.7 Å². The van der Waals surface area contributed by atoms with Crippen molar-refractivity contribution in [1.82, 2.24) is 20.9 Å². The highest BCUT2D eigenvalue weighted by molar-refractivity contribution is 5.93. The van der Waals surface area contributed by atoms with Crippen molar-refractivity contribution in [1.29, 1.82) is 0 Å². The molecule has 0 radical (unpaired) electrons. The van der Waals surface area contributed by atoms with E-state index in [0.29, 0.717) is 45.3 Å². The maximum Gasteiger partial charge on any atom is 0.407 e. The third kappa shape index (κ3) is 8.37. The number of aliphatic carboxylic acids is 1. The van der Waals surface area contributed by atoms with Gasteiger partial charge in [-0.15, -0.1) is 0 Å². The Bertz CT molecular complexity index is 1200. The fourth-order valence-corrected chi connectivity index (χ4v) is 7.09. The van der Waals surface area contributed by atoms with Crippen molar-refractivity contribution in [3.05, 3.63) is 11.6 Å². The van der Waals surface area contributed by atoms with Gasteiger partial charge in [-0.05, 0) is 65.2 Å². The van der Waals surface area contributed by atoms with Crippen molar-refractivity contribution in [2.45, 2.75) is 115 Å². The molecule has 0 aromatic carbocycles. The van der Waals surface area contributed by atoms with Crippen LogP contribution in [0.1, 0.15) is 73.1 Å². The second-order valence-electron chi connectivity index (χ2n) is 13.7. The predicted octanol–water partition coefficient (Wildman–Crippen LogP) is 1.51. The van der Waals surface area contributed by atoms with Crippen LogP contribution in [-0.2, 0) is 38.1 Å². The molecular formula is C32H50N4O10. The number of hydrogen-bond donors (Lipinski definition) is 4. The lowest BCUT2D eigenvalue weighted by molar-refractivity contribution is -0.140. The molecule has 46 heavy (non-hydrogen) atoms. The van der Waals surface area contributed by atoms with Crippen LogP contribution in [0.5, 0.6) is 0 Å². The Hall–Kier alpha value is -3.23. The molecule has 14 nitrogen and oxygen atoms in total. The van der Waals surface area contributed by atoms with Gasteiger partial charge in [0.05, 0.1) is 18.6 Å². The zero-order valence-corrected chi connectivity index (χ0v) is 27.8. The smallest absolute Gasteiger partial charge is 0.407 e. The number of methoxy groups -OCH3 is 1. The van der Waals surface area contributed by atoms with Gasteiger partial charge in [-0.3, -0.25) is 19.2 Å². The van der Waals surface area contributed by atoms with Crippen LogP contribution in [0.2, 0.25) is 0 Å². The number of nitrogens with zero attached hydrogens (tertiary/aromatic N) is 1. The van der Waals surface area contributed by atoms with Gasteiger partial charge in [0.1, 0.15) is 48.6 Å². The first-order valence-corrected chi connectivity index (χ1v) is 16.2. The molecule has 4 aliphatic rings. The summed E-state index contributed by atoms with van der Waals surface area (Å²) in [5.74, 6) is -2.85. The Morgan fingerprint density at radius 2 is 1.83 bits per heavy atom. The first-order chi connectivity index (χ1) is 21.7. The summed E-state index contributed by atoms with van der Waals surface area (Å²) in [5.41, 5.74) is 0.373. The molecule has 0 aromatic heterocycles. The minimum atomic E-state index is -1.20. The summed E-state index contributed by atoms with van der Waals surface area (Å²) in [7, 11) is 1.59. The van der Waals surface area contributed by atoms with Crippen molar-refractivity contribution < 1.29 is 48.0 Å². The van der Waals surface area contributed by atoms with Gasteiger partial charge in [-0.1, -0.05) is 25.5 Å². The highest BCUT2D eigenvalue weighted by Crippen LogP contribution is 2.59. The van der Waals surface area contributed by atoms with Crippen LogP contribution < -0.4 is 16.0 Å². The normalized spacial score (nSPS) is 32.0. The third-order valence-corrected chi connectivity index (χ3v) is 9.51. The maximum absolute atomic E-state index is 13.2. The van der Waals surface area contributed by atoms with E-state index in [2.05, 4.69) is 29.0 Å². The van der Waals surface area contributed by atoms with Crippen molar-refractivity contribution in [2.75, 3.05) is 33.4 Å².